The van der Waals surface area contributed by atoms with Crippen LogP contribution in [0, 0.1) is 6.92 Å². The van der Waals surface area contributed by atoms with Crippen molar-refractivity contribution in [3.63, 3.8) is 0 Å². The molecule has 4 nitrogen and oxygen atoms in total. The molecule has 27 heavy (non-hydrogen) atoms. The molecule has 2 aromatic heterocycles. The average molecular weight is 401 g/mol. The number of thiophene rings is 1. The molecule has 0 amide bonds. The quantitative estimate of drug-likeness (QED) is 0.340. The third-order valence-corrected chi connectivity index (χ3v) is 7.18. The fraction of sp³-hybridized carbons (Fsp3) is 0.429. The topological polar surface area (TPSA) is 44.1 Å². The van der Waals surface area contributed by atoms with Gasteiger partial charge in [-0.3, -0.25) is 9.36 Å². The van der Waals surface area contributed by atoms with Gasteiger partial charge >= 0.3 is 0 Å². The number of aromatic nitrogens is 2. The predicted octanol–water partition coefficient (Wildman–Crippen LogP) is 4.76. The summed E-state index contributed by atoms with van der Waals surface area (Å²) in [6, 6.07) is 8.13. The molecule has 0 atom stereocenters. The van der Waals surface area contributed by atoms with Crippen LogP contribution in [-0.4, -0.2) is 29.0 Å². The molecule has 0 aliphatic heterocycles. The number of methoxy groups -OCH3 is 1. The summed E-state index contributed by atoms with van der Waals surface area (Å²) in [6.45, 7) is 2.78. The lowest BCUT2D eigenvalue weighted by atomic mass is 9.97. The van der Waals surface area contributed by atoms with Gasteiger partial charge in [0.2, 0.25) is 0 Å². The van der Waals surface area contributed by atoms with Crippen molar-refractivity contribution in [2.24, 2.45) is 0 Å². The Morgan fingerprint density at radius 2 is 2.00 bits per heavy atom. The number of benzene rings is 1. The van der Waals surface area contributed by atoms with Gasteiger partial charge in [-0.05, 0) is 56.7 Å². The van der Waals surface area contributed by atoms with E-state index in [4.69, 9.17) is 9.72 Å². The molecule has 142 valence electrons. The number of fused-ring (bicyclic) bond motifs is 3. The van der Waals surface area contributed by atoms with Gasteiger partial charge in [-0.15, -0.1) is 11.3 Å². The van der Waals surface area contributed by atoms with Crippen molar-refractivity contribution in [1.82, 2.24) is 9.55 Å². The Balaban J connectivity index is 1.86. The number of hydrogen-bond acceptors (Lipinski definition) is 5. The molecule has 1 aromatic carbocycles. The third-order valence-electron chi connectivity index (χ3n) is 4.97. The summed E-state index contributed by atoms with van der Waals surface area (Å²) in [7, 11) is 1.72. The van der Waals surface area contributed by atoms with Gasteiger partial charge in [-0.1, -0.05) is 29.5 Å². The maximum Gasteiger partial charge on any atom is 0.267 e. The Labute approximate surface area is 167 Å². The molecule has 0 fully saturated rings. The first-order valence-electron chi connectivity index (χ1n) is 9.45. The van der Waals surface area contributed by atoms with Crippen molar-refractivity contribution in [2.45, 2.75) is 44.2 Å². The van der Waals surface area contributed by atoms with E-state index in [0.717, 1.165) is 59.1 Å². The zero-order chi connectivity index (χ0) is 18.8. The Morgan fingerprint density at radius 1 is 1.22 bits per heavy atom. The van der Waals surface area contributed by atoms with Gasteiger partial charge in [-0.25, -0.2) is 4.98 Å². The highest BCUT2D eigenvalue weighted by molar-refractivity contribution is 7.99. The molecule has 0 unspecified atom stereocenters. The van der Waals surface area contributed by atoms with E-state index in [1.165, 1.54) is 22.4 Å². The Kier molecular flexibility index (Phi) is 5.66. The van der Waals surface area contributed by atoms with Crippen LogP contribution in [0.3, 0.4) is 0 Å². The van der Waals surface area contributed by atoms with Crippen LogP contribution in [0.25, 0.3) is 15.9 Å². The molecule has 0 saturated carbocycles. The minimum Gasteiger partial charge on any atom is -0.385 e. The van der Waals surface area contributed by atoms with Crippen molar-refractivity contribution in [1.29, 1.82) is 0 Å². The lowest BCUT2D eigenvalue weighted by molar-refractivity contribution is 0.200. The summed E-state index contributed by atoms with van der Waals surface area (Å²) < 4.78 is 6.96. The van der Waals surface area contributed by atoms with Gasteiger partial charge < -0.3 is 4.74 Å². The van der Waals surface area contributed by atoms with E-state index in [-0.39, 0.29) is 5.56 Å². The molecule has 0 spiro atoms. The van der Waals surface area contributed by atoms with E-state index < -0.39 is 0 Å². The molecule has 0 radical (unpaired) electrons. The van der Waals surface area contributed by atoms with Gasteiger partial charge in [0.15, 0.2) is 5.16 Å². The number of thioether (sulfide) groups is 1. The van der Waals surface area contributed by atoms with Gasteiger partial charge in [0.25, 0.3) is 5.56 Å². The maximum atomic E-state index is 13.5. The van der Waals surface area contributed by atoms with Crippen LogP contribution in [0.2, 0.25) is 0 Å². The van der Waals surface area contributed by atoms with E-state index in [1.807, 2.05) is 12.1 Å². The highest BCUT2D eigenvalue weighted by Gasteiger charge is 2.22. The third kappa shape index (κ3) is 3.71. The number of ether oxygens (including phenoxy) is 1. The second kappa shape index (κ2) is 8.17. The largest absolute Gasteiger partial charge is 0.385 e. The summed E-state index contributed by atoms with van der Waals surface area (Å²) in [5, 5.41) is 1.63. The standard InChI is InChI=1S/C21H24N2O2S2/c1-14-8-10-15(11-9-14)23-20(24)18-16-6-3-4-7-17(16)27-19(18)22-21(23)26-13-5-12-25-2/h8-11H,3-7,12-13H2,1-2H3. The highest BCUT2D eigenvalue weighted by Crippen LogP contribution is 2.35. The molecule has 1 aliphatic rings. The maximum absolute atomic E-state index is 13.5. The van der Waals surface area contributed by atoms with Crippen LogP contribution in [-0.2, 0) is 17.6 Å². The SMILES string of the molecule is COCCCSc1nc2sc3c(c2c(=O)n1-c1ccc(C)cc1)CCCC3. The first-order chi connectivity index (χ1) is 13.2. The van der Waals surface area contributed by atoms with Gasteiger partial charge in [0.05, 0.1) is 11.1 Å². The molecule has 0 N–H and O–H groups in total. The van der Waals surface area contributed by atoms with Crippen LogP contribution in [0.15, 0.2) is 34.2 Å². The van der Waals surface area contributed by atoms with E-state index in [1.54, 1.807) is 34.8 Å². The number of rotatable bonds is 6. The first-order valence-corrected chi connectivity index (χ1v) is 11.3. The molecule has 6 heteroatoms. The molecular weight excluding hydrogens is 376 g/mol. The van der Waals surface area contributed by atoms with Crippen LogP contribution < -0.4 is 5.56 Å². The van der Waals surface area contributed by atoms with Crippen molar-refractivity contribution in [2.75, 3.05) is 19.5 Å². The summed E-state index contributed by atoms with van der Waals surface area (Å²) in [5.74, 6) is 0.878. The molecule has 4 rings (SSSR count). The zero-order valence-electron chi connectivity index (χ0n) is 15.8. The molecular formula is C21H24N2O2S2. The van der Waals surface area contributed by atoms with Gasteiger partial charge in [0.1, 0.15) is 4.83 Å². The lowest BCUT2D eigenvalue weighted by Crippen LogP contribution is -2.22. The van der Waals surface area contributed by atoms with E-state index >= 15 is 0 Å². The normalized spacial score (nSPS) is 13.9. The van der Waals surface area contributed by atoms with Crippen molar-refractivity contribution in [3.05, 3.63) is 50.6 Å². The van der Waals surface area contributed by atoms with Crippen LogP contribution >= 0.6 is 23.1 Å². The smallest absolute Gasteiger partial charge is 0.267 e. The number of aryl methyl sites for hydroxylation is 3. The van der Waals surface area contributed by atoms with Gasteiger partial charge in [0, 0.05) is 24.3 Å². The van der Waals surface area contributed by atoms with E-state index in [9.17, 15) is 4.79 Å². The second-order valence-electron chi connectivity index (χ2n) is 6.96. The predicted molar refractivity (Wildman–Crippen MR) is 114 cm³/mol. The number of hydrogen-bond donors (Lipinski definition) is 0. The second-order valence-corrected chi connectivity index (χ2v) is 9.10. The van der Waals surface area contributed by atoms with Crippen molar-refractivity contribution >= 4 is 33.3 Å². The fourth-order valence-electron chi connectivity index (χ4n) is 3.57. The highest BCUT2D eigenvalue weighted by atomic mass is 32.2. The fourth-order valence-corrected chi connectivity index (χ4v) is 5.80. The van der Waals surface area contributed by atoms with E-state index in [0.29, 0.717) is 0 Å². The molecule has 0 saturated heterocycles. The minimum absolute atomic E-state index is 0.0810. The molecule has 2 heterocycles. The molecule has 1 aliphatic carbocycles. The minimum atomic E-state index is 0.0810. The monoisotopic (exact) mass is 400 g/mol. The van der Waals surface area contributed by atoms with Crippen molar-refractivity contribution < 1.29 is 4.74 Å². The Morgan fingerprint density at radius 3 is 2.78 bits per heavy atom. The summed E-state index contributed by atoms with van der Waals surface area (Å²) in [4.78, 5) is 20.8. The Bertz CT molecular complexity index is 1010. The molecule has 3 aromatic rings. The first kappa shape index (κ1) is 18.7. The van der Waals surface area contributed by atoms with E-state index in [2.05, 4.69) is 19.1 Å². The Hall–Kier alpha value is -1.63. The summed E-state index contributed by atoms with van der Waals surface area (Å²) >= 11 is 3.36. The van der Waals surface area contributed by atoms with Crippen LogP contribution in [0.5, 0.6) is 0 Å². The van der Waals surface area contributed by atoms with Crippen molar-refractivity contribution in [3.8, 4) is 5.69 Å². The number of nitrogens with zero attached hydrogens (tertiary/aromatic N) is 2. The summed E-state index contributed by atoms with van der Waals surface area (Å²) in [5.41, 5.74) is 3.40. The molecule has 0 bridgehead atoms. The van der Waals surface area contributed by atoms with Crippen LogP contribution in [0.4, 0.5) is 0 Å². The average Bonchev–Trinajstić information content (AvgIpc) is 3.05. The zero-order valence-corrected chi connectivity index (χ0v) is 17.4. The van der Waals surface area contributed by atoms with Gasteiger partial charge in [-0.2, -0.15) is 0 Å². The summed E-state index contributed by atoms with van der Waals surface area (Å²) in [6.07, 6.45) is 5.39. The van der Waals surface area contributed by atoms with Crippen LogP contribution in [0.1, 0.15) is 35.3 Å². The lowest BCUT2D eigenvalue weighted by Gasteiger charge is -2.14.